The van der Waals surface area contributed by atoms with E-state index in [1.165, 1.54) is 16.4 Å². The average Bonchev–Trinajstić information content (AvgIpc) is 2.96. The molecule has 0 N–H and O–H groups in total. The van der Waals surface area contributed by atoms with Gasteiger partial charge in [-0.05, 0) is 0 Å². The maximum atomic E-state index is 2.57. The Morgan fingerprint density at radius 3 is 3.00 bits per heavy atom. The Morgan fingerprint density at radius 2 is 2.18 bits per heavy atom. The van der Waals surface area contributed by atoms with E-state index in [0.29, 0.717) is 0 Å². The Kier molecular flexibility index (Phi) is 3.23. The molecular formula is C16H17Sn. The second kappa shape index (κ2) is 4.85. The fourth-order valence-corrected chi connectivity index (χ4v) is 9.67. The zero-order chi connectivity index (χ0) is 11.7. The molecule has 3 rings (SSSR count). The van der Waals surface area contributed by atoms with Gasteiger partial charge in [0.25, 0.3) is 0 Å². The molecule has 0 aromatic heterocycles. The van der Waals surface area contributed by atoms with Crippen LogP contribution < -0.4 is 0 Å². The molecule has 1 aromatic carbocycles. The predicted octanol–water partition coefficient (Wildman–Crippen LogP) is 4.35. The first-order valence-electron chi connectivity index (χ1n) is 6.28. The standard InChI is InChI=1S/C9H7.C6H7.CH3.Sn/c1-2-5-9-7-3-6-8(9)4-1;1-6-4-2-3-5-6;;/h1-7H;2-4H,1,5H2;1H3;. The number of hydrogen-bond donors (Lipinski definition) is 0. The van der Waals surface area contributed by atoms with E-state index in [1.807, 2.05) is 0 Å². The van der Waals surface area contributed by atoms with Crippen molar-refractivity contribution in [1.82, 2.24) is 0 Å². The van der Waals surface area contributed by atoms with Crippen LogP contribution in [0.15, 0.2) is 54.1 Å². The van der Waals surface area contributed by atoms with Crippen molar-refractivity contribution in [1.29, 1.82) is 0 Å². The quantitative estimate of drug-likeness (QED) is 0.724. The molecule has 2 aliphatic carbocycles. The van der Waals surface area contributed by atoms with Crippen LogP contribution in [0, 0.1) is 0 Å². The Labute approximate surface area is 110 Å². The summed E-state index contributed by atoms with van der Waals surface area (Å²) in [5.74, 6) is 0. The molecule has 1 unspecified atom stereocenters. The van der Waals surface area contributed by atoms with Gasteiger partial charge >= 0.3 is 111 Å². The summed E-state index contributed by atoms with van der Waals surface area (Å²) in [6.07, 6.45) is 12.8. The SMILES string of the molecule is [CH3][Sn]([CH2]C1=CC=CC1)[CH]1C=Cc2ccccc21. The summed E-state index contributed by atoms with van der Waals surface area (Å²) in [5.41, 5.74) is 4.71. The molecule has 0 fully saturated rings. The number of hydrogen-bond acceptors (Lipinski definition) is 0. The second-order valence-corrected chi connectivity index (χ2v) is 12.6. The molecule has 0 amide bonds. The van der Waals surface area contributed by atoms with Gasteiger partial charge in [0.1, 0.15) is 0 Å². The van der Waals surface area contributed by atoms with Gasteiger partial charge in [0.05, 0.1) is 0 Å². The van der Waals surface area contributed by atoms with Crippen LogP contribution in [0.25, 0.3) is 6.08 Å². The van der Waals surface area contributed by atoms with Gasteiger partial charge in [-0.25, -0.2) is 0 Å². The number of rotatable bonds is 3. The third-order valence-electron chi connectivity index (χ3n) is 3.68. The topological polar surface area (TPSA) is 0 Å². The molecule has 0 saturated carbocycles. The monoisotopic (exact) mass is 329 g/mol. The fourth-order valence-electron chi connectivity index (χ4n) is 2.77. The van der Waals surface area contributed by atoms with Crippen molar-refractivity contribution in [2.75, 3.05) is 0 Å². The van der Waals surface area contributed by atoms with Gasteiger partial charge in [0.2, 0.25) is 0 Å². The van der Waals surface area contributed by atoms with E-state index in [1.54, 1.807) is 11.1 Å². The molecule has 17 heavy (non-hydrogen) atoms. The van der Waals surface area contributed by atoms with Crippen LogP contribution in [0.5, 0.6) is 0 Å². The molecular weight excluding hydrogens is 311 g/mol. The third-order valence-corrected chi connectivity index (χ3v) is 11.0. The summed E-state index contributed by atoms with van der Waals surface area (Å²) in [7, 11) is 0. The number of fused-ring (bicyclic) bond motifs is 1. The summed E-state index contributed by atoms with van der Waals surface area (Å²) in [4.78, 5) is 2.57. The van der Waals surface area contributed by atoms with Crippen molar-refractivity contribution in [2.45, 2.75) is 19.7 Å². The summed E-state index contributed by atoms with van der Waals surface area (Å²) < 4.78 is 2.22. The van der Waals surface area contributed by atoms with E-state index in [4.69, 9.17) is 0 Å². The van der Waals surface area contributed by atoms with Gasteiger partial charge in [0, 0.05) is 0 Å². The summed E-state index contributed by atoms with van der Waals surface area (Å²) >= 11 is -1.34. The van der Waals surface area contributed by atoms with E-state index in [0.717, 1.165) is 3.93 Å². The first kappa shape index (κ1) is 11.3. The van der Waals surface area contributed by atoms with Crippen LogP contribution in [0.3, 0.4) is 0 Å². The predicted molar refractivity (Wildman–Crippen MR) is 76.5 cm³/mol. The van der Waals surface area contributed by atoms with Crippen molar-refractivity contribution in [2.24, 2.45) is 0 Å². The summed E-state index contributed by atoms with van der Waals surface area (Å²) in [5, 5.41) is 0. The molecule has 0 bridgehead atoms. The van der Waals surface area contributed by atoms with Crippen LogP contribution in [0.4, 0.5) is 0 Å². The molecule has 1 atom stereocenters. The number of allylic oxidation sites excluding steroid dienone is 5. The first-order chi connectivity index (χ1) is 8.34. The fraction of sp³-hybridized carbons (Fsp3) is 0.250. The zero-order valence-electron chi connectivity index (χ0n) is 10.2. The normalized spacial score (nSPS) is 21.1. The third kappa shape index (κ3) is 2.28. The molecule has 0 saturated heterocycles. The Balaban J connectivity index is 1.75. The second-order valence-electron chi connectivity index (χ2n) is 4.95. The Bertz CT molecular complexity index is 508. The van der Waals surface area contributed by atoms with E-state index < -0.39 is 19.8 Å². The van der Waals surface area contributed by atoms with E-state index in [2.05, 4.69) is 59.6 Å². The maximum absolute atomic E-state index is 2.57. The van der Waals surface area contributed by atoms with Gasteiger partial charge in [-0.15, -0.1) is 0 Å². The van der Waals surface area contributed by atoms with Crippen molar-refractivity contribution in [3.8, 4) is 0 Å². The molecule has 1 heteroatoms. The molecule has 0 heterocycles. The van der Waals surface area contributed by atoms with Gasteiger partial charge in [-0.1, -0.05) is 0 Å². The van der Waals surface area contributed by atoms with E-state index in [9.17, 15) is 0 Å². The average molecular weight is 328 g/mol. The Hall–Kier alpha value is -0.761. The van der Waals surface area contributed by atoms with E-state index in [-0.39, 0.29) is 0 Å². The van der Waals surface area contributed by atoms with Crippen LogP contribution in [0.2, 0.25) is 9.38 Å². The van der Waals surface area contributed by atoms with Crippen LogP contribution >= 0.6 is 0 Å². The van der Waals surface area contributed by atoms with Crippen LogP contribution in [-0.2, 0) is 0 Å². The minimum absolute atomic E-state index is 0.801. The number of benzene rings is 1. The molecule has 0 aliphatic heterocycles. The molecule has 1 aromatic rings. The van der Waals surface area contributed by atoms with Gasteiger partial charge in [-0.3, -0.25) is 0 Å². The molecule has 2 aliphatic rings. The van der Waals surface area contributed by atoms with E-state index >= 15 is 0 Å². The van der Waals surface area contributed by atoms with Crippen LogP contribution in [-0.4, -0.2) is 19.8 Å². The van der Waals surface area contributed by atoms with Crippen molar-refractivity contribution in [3.63, 3.8) is 0 Å². The van der Waals surface area contributed by atoms with Crippen molar-refractivity contribution in [3.05, 3.63) is 65.3 Å². The molecule has 85 valence electrons. The Morgan fingerprint density at radius 1 is 1.29 bits per heavy atom. The van der Waals surface area contributed by atoms with Crippen molar-refractivity contribution >= 4 is 25.8 Å². The summed E-state index contributed by atoms with van der Waals surface area (Å²) in [6.45, 7) is 0. The minimum atomic E-state index is -1.34. The van der Waals surface area contributed by atoms with Crippen LogP contribution in [0.1, 0.15) is 21.5 Å². The van der Waals surface area contributed by atoms with Gasteiger partial charge in [0.15, 0.2) is 0 Å². The first-order valence-corrected chi connectivity index (χ1v) is 12.8. The van der Waals surface area contributed by atoms with Gasteiger partial charge in [-0.2, -0.15) is 0 Å². The molecule has 0 nitrogen and oxygen atoms in total. The van der Waals surface area contributed by atoms with Gasteiger partial charge < -0.3 is 0 Å². The molecule has 0 spiro atoms. The summed E-state index contributed by atoms with van der Waals surface area (Å²) in [6, 6.07) is 8.91. The van der Waals surface area contributed by atoms with Crippen molar-refractivity contribution < 1.29 is 0 Å². The zero-order valence-corrected chi connectivity index (χ0v) is 13.0. The molecule has 1 radical (unpaired) electrons.